The molecule has 1 atom stereocenters. The fourth-order valence-corrected chi connectivity index (χ4v) is 2.14. The molecule has 0 aromatic carbocycles. The standard InChI is InChI=1S/C14H22N4O2/c1-9(2)10(3)16-14(20)18-6-5-11-12(7-18)15-8-17(4)13(11)19/h8-10H,5-7H2,1-4H3,(H,16,20)/t10-/m1/s1. The highest BCUT2D eigenvalue weighted by Crippen LogP contribution is 2.13. The van der Waals surface area contributed by atoms with E-state index in [4.69, 9.17) is 0 Å². The van der Waals surface area contributed by atoms with E-state index < -0.39 is 0 Å². The average molecular weight is 278 g/mol. The molecule has 20 heavy (non-hydrogen) atoms. The molecule has 0 unspecified atom stereocenters. The molecule has 1 N–H and O–H groups in total. The Morgan fingerprint density at radius 1 is 1.40 bits per heavy atom. The van der Waals surface area contributed by atoms with Crippen LogP contribution in [0.1, 0.15) is 32.0 Å². The van der Waals surface area contributed by atoms with Gasteiger partial charge in [-0.05, 0) is 19.3 Å². The van der Waals surface area contributed by atoms with E-state index in [2.05, 4.69) is 24.1 Å². The van der Waals surface area contributed by atoms with Gasteiger partial charge in [0.15, 0.2) is 0 Å². The number of urea groups is 1. The van der Waals surface area contributed by atoms with Gasteiger partial charge in [-0.25, -0.2) is 9.78 Å². The molecule has 1 aliphatic heterocycles. The van der Waals surface area contributed by atoms with Gasteiger partial charge in [0, 0.05) is 25.2 Å². The SMILES string of the molecule is CC(C)[C@@H](C)NC(=O)N1CCc2c(ncn(C)c2=O)C1. The Morgan fingerprint density at radius 3 is 2.75 bits per heavy atom. The van der Waals surface area contributed by atoms with Crippen LogP contribution in [-0.2, 0) is 20.0 Å². The van der Waals surface area contributed by atoms with E-state index in [1.165, 1.54) is 10.9 Å². The third-order valence-electron chi connectivity index (χ3n) is 3.92. The number of aryl methyl sites for hydroxylation is 1. The normalized spacial score (nSPS) is 15.9. The van der Waals surface area contributed by atoms with E-state index in [1.54, 1.807) is 11.9 Å². The van der Waals surface area contributed by atoms with Crippen LogP contribution < -0.4 is 10.9 Å². The Morgan fingerprint density at radius 2 is 2.10 bits per heavy atom. The van der Waals surface area contributed by atoms with Crippen LogP contribution in [-0.4, -0.2) is 33.1 Å². The number of carbonyl (C=O) groups is 1. The minimum atomic E-state index is -0.0840. The number of fused-ring (bicyclic) bond motifs is 1. The first-order chi connectivity index (χ1) is 9.40. The van der Waals surface area contributed by atoms with E-state index in [9.17, 15) is 9.59 Å². The van der Waals surface area contributed by atoms with Gasteiger partial charge in [-0.2, -0.15) is 0 Å². The molecule has 6 nitrogen and oxygen atoms in total. The third-order valence-corrected chi connectivity index (χ3v) is 3.92. The maximum atomic E-state index is 12.2. The van der Waals surface area contributed by atoms with Gasteiger partial charge in [0.2, 0.25) is 0 Å². The molecule has 0 saturated heterocycles. The van der Waals surface area contributed by atoms with Crippen LogP contribution in [0.4, 0.5) is 4.79 Å². The molecule has 6 heteroatoms. The topological polar surface area (TPSA) is 67.2 Å². The number of nitrogens with zero attached hydrogens (tertiary/aromatic N) is 3. The van der Waals surface area contributed by atoms with Crippen LogP contribution in [0.2, 0.25) is 0 Å². The van der Waals surface area contributed by atoms with Gasteiger partial charge in [-0.1, -0.05) is 13.8 Å². The summed E-state index contributed by atoms with van der Waals surface area (Å²) in [6.07, 6.45) is 2.08. The lowest BCUT2D eigenvalue weighted by atomic mass is 10.1. The second kappa shape index (κ2) is 5.64. The lowest BCUT2D eigenvalue weighted by Crippen LogP contribution is -2.48. The molecule has 0 bridgehead atoms. The summed E-state index contributed by atoms with van der Waals surface area (Å²) in [5, 5.41) is 2.98. The van der Waals surface area contributed by atoms with Crippen molar-refractivity contribution in [3.05, 3.63) is 27.9 Å². The quantitative estimate of drug-likeness (QED) is 0.873. The average Bonchev–Trinajstić information content (AvgIpc) is 2.42. The third kappa shape index (κ3) is 2.84. The van der Waals surface area contributed by atoms with Crippen LogP contribution in [0.5, 0.6) is 0 Å². The van der Waals surface area contributed by atoms with Gasteiger partial charge in [-0.3, -0.25) is 4.79 Å². The minimum Gasteiger partial charge on any atom is -0.335 e. The first-order valence-electron chi connectivity index (χ1n) is 6.99. The second-order valence-electron chi connectivity index (χ2n) is 5.74. The van der Waals surface area contributed by atoms with Crippen LogP contribution in [0.3, 0.4) is 0 Å². The summed E-state index contributed by atoms with van der Waals surface area (Å²) < 4.78 is 1.48. The summed E-state index contributed by atoms with van der Waals surface area (Å²) in [6.45, 7) is 7.10. The summed E-state index contributed by atoms with van der Waals surface area (Å²) in [7, 11) is 1.69. The monoisotopic (exact) mass is 278 g/mol. The van der Waals surface area contributed by atoms with Crippen molar-refractivity contribution in [3.63, 3.8) is 0 Å². The molecular weight excluding hydrogens is 256 g/mol. The molecule has 1 aliphatic rings. The van der Waals surface area contributed by atoms with Gasteiger partial charge in [0.05, 0.1) is 18.6 Å². The van der Waals surface area contributed by atoms with Crippen LogP contribution >= 0.6 is 0 Å². The Balaban J connectivity index is 2.10. The highest BCUT2D eigenvalue weighted by molar-refractivity contribution is 5.74. The van der Waals surface area contributed by atoms with Crippen molar-refractivity contribution in [2.45, 2.75) is 39.8 Å². The predicted octanol–water partition coefficient (Wildman–Crippen LogP) is 0.893. The lowest BCUT2D eigenvalue weighted by molar-refractivity contribution is 0.184. The predicted molar refractivity (Wildman–Crippen MR) is 76.4 cm³/mol. The largest absolute Gasteiger partial charge is 0.335 e. The highest BCUT2D eigenvalue weighted by atomic mass is 16.2. The molecule has 0 fully saturated rings. The summed E-state index contributed by atoms with van der Waals surface area (Å²) in [6, 6.07) is 0.0415. The second-order valence-corrected chi connectivity index (χ2v) is 5.74. The molecule has 2 amide bonds. The van der Waals surface area contributed by atoms with E-state index >= 15 is 0 Å². The Labute approximate surface area is 118 Å². The molecule has 2 heterocycles. The molecule has 0 spiro atoms. The van der Waals surface area contributed by atoms with Crippen LogP contribution in [0, 0.1) is 5.92 Å². The van der Waals surface area contributed by atoms with Crippen LogP contribution in [0.25, 0.3) is 0 Å². The number of hydrogen-bond donors (Lipinski definition) is 1. The molecule has 0 saturated carbocycles. The number of amides is 2. The van der Waals surface area contributed by atoms with Crippen molar-refractivity contribution in [3.8, 4) is 0 Å². The van der Waals surface area contributed by atoms with Crippen molar-refractivity contribution in [1.82, 2.24) is 19.8 Å². The summed E-state index contributed by atoms with van der Waals surface area (Å²) >= 11 is 0. The van der Waals surface area contributed by atoms with Crippen molar-refractivity contribution in [2.75, 3.05) is 6.54 Å². The Kier molecular flexibility index (Phi) is 4.11. The molecule has 110 valence electrons. The smallest absolute Gasteiger partial charge is 0.317 e. The summed E-state index contributed by atoms with van der Waals surface area (Å²) in [4.78, 5) is 30.1. The van der Waals surface area contributed by atoms with Crippen molar-refractivity contribution < 1.29 is 4.79 Å². The molecule has 1 aromatic rings. The fraction of sp³-hybridized carbons (Fsp3) is 0.643. The van der Waals surface area contributed by atoms with E-state index in [-0.39, 0.29) is 17.6 Å². The van der Waals surface area contributed by atoms with Crippen LogP contribution in [0.15, 0.2) is 11.1 Å². The zero-order valence-electron chi connectivity index (χ0n) is 12.5. The van der Waals surface area contributed by atoms with Crippen molar-refractivity contribution in [2.24, 2.45) is 13.0 Å². The number of carbonyl (C=O) groups excluding carboxylic acids is 1. The number of rotatable bonds is 2. The minimum absolute atomic E-state index is 0.00870. The Hall–Kier alpha value is -1.85. The number of nitrogens with one attached hydrogen (secondary N) is 1. The van der Waals surface area contributed by atoms with Gasteiger partial charge in [0.1, 0.15) is 0 Å². The number of hydrogen-bond acceptors (Lipinski definition) is 3. The maximum Gasteiger partial charge on any atom is 0.317 e. The van der Waals surface area contributed by atoms with Gasteiger partial charge in [-0.15, -0.1) is 0 Å². The zero-order valence-corrected chi connectivity index (χ0v) is 12.5. The van der Waals surface area contributed by atoms with E-state index in [0.717, 1.165) is 5.56 Å². The first-order valence-corrected chi connectivity index (χ1v) is 6.99. The molecule has 0 radical (unpaired) electrons. The molecule has 2 rings (SSSR count). The fourth-order valence-electron chi connectivity index (χ4n) is 2.14. The summed E-state index contributed by atoms with van der Waals surface area (Å²) in [5.41, 5.74) is 1.44. The van der Waals surface area contributed by atoms with Gasteiger partial charge in [0.25, 0.3) is 5.56 Å². The highest BCUT2D eigenvalue weighted by Gasteiger charge is 2.25. The van der Waals surface area contributed by atoms with Crippen molar-refractivity contribution in [1.29, 1.82) is 0 Å². The van der Waals surface area contributed by atoms with E-state index in [0.29, 0.717) is 31.1 Å². The van der Waals surface area contributed by atoms with E-state index in [1.807, 2.05) is 6.92 Å². The lowest BCUT2D eigenvalue weighted by Gasteiger charge is -2.30. The molecule has 0 aliphatic carbocycles. The first kappa shape index (κ1) is 14.6. The Bertz CT molecular complexity index is 565. The number of aromatic nitrogens is 2. The van der Waals surface area contributed by atoms with Crippen molar-refractivity contribution >= 4 is 6.03 Å². The maximum absolute atomic E-state index is 12.2. The molecule has 1 aromatic heterocycles. The van der Waals surface area contributed by atoms with Gasteiger partial charge < -0.3 is 14.8 Å². The zero-order chi connectivity index (χ0) is 14.9. The summed E-state index contributed by atoms with van der Waals surface area (Å²) in [5.74, 6) is 0.390. The molecular formula is C14H22N4O2. The van der Waals surface area contributed by atoms with Gasteiger partial charge >= 0.3 is 6.03 Å².